The first kappa shape index (κ1) is 26.9. The summed E-state index contributed by atoms with van der Waals surface area (Å²) in [6, 6.07) is 0. The molecule has 0 atom stereocenters. The van der Waals surface area contributed by atoms with Crippen LogP contribution in [0.1, 0.15) is 78.1 Å². The van der Waals surface area contributed by atoms with Crippen molar-refractivity contribution in [2.24, 2.45) is 16.9 Å². The molecule has 0 aromatic heterocycles. The number of ether oxygens (including phenoxy) is 6. The van der Waals surface area contributed by atoms with E-state index >= 15 is 0 Å². The van der Waals surface area contributed by atoms with Gasteiger partial charge in [-0.15, -0.1) is 0 Å². The van der Waals surface area contributed by atoms with Crippen molar-refractivity contribution >= 4 is 0 Å². The van der Waals surface area contributed by atoms with Gasteiger partial charge in [0.05, 0.1) is 45.1 Å². The SMILES string of the molecule is CCC1(OCCCCCCN)OCC2(CO1)COC(CC)(OCCCCCCN)OC2. The molecule has 4 N–H and O–H groups in total. The van der Waals surface area contributed by atoms with E-state index in [0.717, 1.165) is 64.5 Å². The van der Waals surface area contributed by atoms with Gasteiger partial charge in [0, 0.05) is 12.8 Å². The Bertz CT molecular complexity index is 417. The number of unbranched alkanes of at least 4 members (excludes halogenated alkanes) is 6. The van der Waals surface area contributed by atoms with E-state index in [1.165, 1.54) is 0 Å². The quantitative estimate of drug-likeness (QED) is 0.348. The Kier molecular flexibility index (Phi) is 12.2. The number of rotatable bonds is 16. The smallest absolute Gasteiger partial charge is 0.282 e. The third kappa shape index (κ3) is 8.51. The lowest BCUT2D eigenvalue weighted by Gasteiger charge is -2.50. The lowest BCUT2D eigenvalue weighted by atomic mass is 9.90. The predicted octanol–water partition coefficient (Wildman–Crippen LogP) is 3.27. The Labute approximate surface area is 188 Å². The summed E-state index contributed by atoms with van der Waals surface area (Å²) in [5, 5.41) is 0. The van der Waals surface area contributed by atoms with E-state index < -0.39 is 11.9 Å². The highest BCUT2D eigenvalue weighted by molar-refractivity contribution is 4.87. The normalized spacial score (nSPS) is 31.4. The van der Waals surface area contributed by atoms with Crippen molar-refractivity contribution in [3.63, 3.8) is 0 Å². The molecule has 31 heavy (non-hydrogen) atoms. The average molecular weight is 447 g/mol. The van der Waals surface area contributed by atoms with E-state index in [-0.39, 0.29) is 5.41 Å². The average Bonchev–Trinajstić information content (AvgIpc) is 2.81. The first-order valence-corrected chi connectivity index (χ1v) is 12.3. The Morgan fingerprint density at radius 3 is 1.26 bits per heavy atom. The third-order valence-electron chi connectivity index (χ3n) is 6.10. The molecule has 1 spiro atoms. The molecular weight excluding hydrogens is 400 g/mol. The van der Waals surface area contributed by atoms with Gasteiger partial charge in [-0.25, -0.2) is 0 Å². The Balaban J connectivity index is 1.72. The number of hydrogen-bond donors (Lipinski definition) is 2. The molecule has 8 nitrogen and oxygen atoms in total. The van der Waals surface area contributed by atoms with Gasteiger partial charge in [-0.2, -0.15) is 0 Å². The molecule has 2 saturated heterocycles. The molecule has 0 aromatic rings. The van der Waals surface area contributed by atoms with Gasteiger partial charge >= 0.3 is 0 Å². The van der Waals surface area contributed by atoms with Gasteiger partial charge in [0.2, 0.25) is 0 Å². The zero-order chi connectivity index (χ0) is 22.5. The largest absolute Gasteiger partial charge is 0.330 e. The van der Waals surface area contributed by atoms with Gasteiger partial charge in [0.15, 0.2) is 0 Å². The minimum Gasteiger partial charge on any atom is -0.330 e. The highest BCUT2D eigenvalue weighted by atomic mass is 16.9. The molecule has 2 heterocycles. The molecule has 2 aliphatic rings. The Hall–Kier alpha value is -0.320. The van der Waals surface area contributed by atoms with Crippen molar-refractivity contribution in [2.75, 3.05) is 52.7 Å². The van der Waals surface area contributed by atoms with Crippen LogP contribution in [-0.4, -0.2) is 64.7 Å². The lowest BCUT2D eigenvalue weighted by Crippen LogP contribution is -2.60. The van der Waals surface area contributed by atoms with Crippen LogP contribution < -0.4 is 11.5 Å². The Morgan fingerprint density at radius 1 is 0.581 bits per heavy atom. The fourth-order valence-electron chi connectivity index (χ4n) is 3.82. The monoisotopic (exact) mass is 446 g/mol. The lowest BCUT2D eigenvalue weighted by molar-refractivity contribution is -0.465. The minimum absolute atomic E-state index is 0.327. The molecule has 2 aliphatic heterocycles. The minimum atomic E-state index is -0.960. The standard InChI is InChI=1S/C23H46N2O6/c1-3-22(26-15-11-7-5-9-13-24)28-17-21(18-29-22)19-30-23(4-2,31-20-21)27-16-12-8-6-10-14-25/h3-20,24-25H2,1-2H3. The molecule has 0 radical (unpaired) electrons. The van der Waals surface area contributed by atoms with Crippen molar-refractivity contribution in [1.82, 2.24) is 0 Å². The van der Waals surface area contributed by atoms with Crippen molar-refractivity contribution in [3.05, 3.63) is 0 Å². The van der Waals surface area contributed by atoms with Crippen LogP contribution in [0.3, 0.4) is 0 Å². The van der Waals surface area contributed by atoms with E-state index in [4.69, 9.17) is 39.9 Å². The van der Waals surface area contributed by atoms with E-state index in [1.54, 1.807) is 0 Å². The zero-order valence-corrected chi connectivity index (χ0v) is 19.8. The second kappa shape index (κ2) is 14.1. The molecule has 0 aromatic carbocycles. The highest BCUT2D eigenvalue weighted by Gasteiger charge is 2.51. The molecule has 184 valence electrons. The molecule has 2 fully saturated rings. The maximum Gasteiger partial charge on any atom is 0.282 e. The maximum absolute atomic E-state index is 6.10. The molecule has 0 saturated carbocycles. The molecule has 0 bridgehead atoms. The number of hydrogen-bond acceptors (Lipinski definition) is 8. The summed E-state index contributed by atoms with van der Waals surface area (Å²) in [5.74, 6) is -1.92. The molecule has 0 aliphatic carbocycles. The number of nitrogens with two attached hydrogens (primary N) is 2. The van der Waals surface area contributed by atoms with E-state index in [0.29, 0.717) is 52.5 Å². The van der Waals surface area contributed by atoms with Crippen LogP contribution in [0.2, 0.25) is 0 Å². The van der Waals surface area contributed by atoms with Crippen LogP contribution in [0.5, 0.6) is 0 Å². The molecule has 0 unspecified atom stereocenters. The van der Waals surface area contributed by atoms with Gasteiger partial charge in [0.25, 0.3) is 11.9 Å². The summed E-state index contributed by atoms with van der Waals surface area (Å²) in [5.41, 5.74) is 10.8. The van der Waals surface area contributed by atoms with Gasteiger partial charge in [0.1, 0.15) is 0 Å². The van der Waals surface area contributed by atoms with Crippen molar-refractivity contribution < 1.29 is 28.4 Å². The van der Waals surface area contributed by atoms with E-state index in [2.05, 4.69) is 0 Å². The van der Waals surface area contributed by atoms with Gasteiger partial charge in [-0.3, -0.25) is 0 Å². The van der Waals surface area contributed by atoms with Crippen LogP contribution in [0.25, 0.3) is 0 Å². The first-order chi connectivity index (χ1) is 15.1. The first-order valence-electron chi connectivity index (χ1n) is 12.3. The summed E-state index contributed by atoms with van der Waals surface area (Å²) < 4.78 is 36.4. The molecule has 8 heteroatoms. The Morgan fingerprint density at radius 2 is 0.935 bits per heavy atom. The van der Waals surface area contributed by atoms with E-state index in [9.17, 15) is 0 Å². The second-order valence-corrected chi connectivity index (χ2v) is 8.83. The van der Waals surface area contributed by atoms with Crippen molar-refractivity contribution in [2.45, 2.75) is 90.0 Å². The van der Waals surface area contributed by atoms with Crippen LogP contribution in [0.15, 0.2) is 0 Å². The second-order valence-electron chi connectivity index (χ2n) is 8.83. The van der Waals surface area contributed by atoms with Crippen molar-refractivity contribution in [1.29, 1.82) is 0 Å². The van der Waals surface area contributed by atoms with Gasteiger partial charge in [-0.05, 0) is 38.8 Å². The van der Waals surface area contributed by atoms with Crippen LogP contribution in [0.4, 0.5) is 0 Å². The predicted molar refractivity (Wildman–Crippen MR) is 119 cm³/mol. The fourth-order valence-corrected chi connectivity index (χ4v) is 3.82. The maximum atomic E-state index is 6.10. The highest BCUT2D eigenvalue weighted by Crippen LogP contribution is 2.39. The van der Waals surface area contributed by atoms with E-state index in [1.807, 2.05) is 13.8 Å². The molecule has 0 amide bonds. The molecular formula is C23H46N2O6. The van der Waals surface area contributed by atoms with Crippen LogP contribution >= 0.6 is 0 Å². The zero-order valence-electron chi connectivity index (χ0n) is 19.8. The summed E-state index contributed by atoms with van der Waals surface area (Å²) >= 11 is 0. The molecule has 2 rings (SSSR count). The van der Waals surface area contributed by atoms with Crippen molar-refractivity contribution in [3.8, 4) is 0 Å². The topological polar surface area (TPSA) is 107 Å². The fraction of sp³-hybridized carbons (Fsp3) is 1.00. The van der Waals surface area contributed by atoms with Gasteiger partial charge in [-0.1, -0.05) is 39.5 Å². The van der Waals surface area contributed by atoms with Crippen LogP contribution in [-0.2, 0) is 28.4 Å². The summed E-state index contributed by atoms with van der Waals surface area (Å²) in [6.07, 6.45) is 9.84. The third-order valence-corrected chi connectivity index (χ3v) is 6.10. The van der Waals surface area contributed by atoms with Crippen LogP contribution in [0, 0.1) is 5.41 Å². The summed E-state index contributed by atoms with van der Waals surface area (Å²) in [7, 11) is 0. The summed E-state index contributed by atoms with van der Waals surface area (Å²) in [6.45, 7) is 8.69. The van der Waals surface area contributed by atoms with Gasteiger partial charge < -0.3 is 39.9 Å². The summed E-state index contributed by atoms with van der Waals surface area (Å²) in [4.78, 5) is 0.